The van der Waals surface area contributed by atoms with E-state index < -0.39 is 12.2 Å². The summed E-state index contributed by atoms with van der Waals surface area (Å²) >= 11 is 0. The second-order valence-electron chi connectivity index (χ2n) is 5.49. The van der Waals surface area contributed by atoms with Crippen LogP contribution >= 0.6 is 0 Å². The molecule has 0 bridgehead atoms. The Morgan fingerprint density at radius 3 is 2.62 bits per heavy atom. The van der Waals surface area contributed by atoms with Crippen molar-refractivity contribution in [1.29, 1.82) is 0 Å². The van der Waals surface area contributed by atoms with Gasteiger partial charge >= 0.3 is 12.2 Å². The minimum Gasteiger partial charge on any atom is -0.359 e. The number of amidine groups is 1. The molecule has 128 valence electrons. The maximum atomic E-state index is 12.0. The average Bonchev–Trinajstić information content (AvgIpc) is 2.76. The van der Waals surface area contributed by atoms with Crippen LogP contribution in [-0.2, 0) is 4.74 Å². The highest BCUT2D eigenvalue weighted by molar-refractivity contribution is 6.01. The van der Waals surface area contributed by atoms with E-state index in [1.165, 1.54) is 4.90 Å². The van der Waals surface area contributed by atoms with Crippen molar-refractivity contribution in [2.45, 2.75) is 33.1 Å². The zero-order valence-electron chi connectivity index (χ0n) is 14.1. The van der Waals surface area contributed by atoms with Crippen molar-refractivity contribution < 1.29 is 14.3 Å². The topological polar surface area (TPSA) is 71.0 Å². The second kappa shape index (κ2) is 8.86. The van der Waals surface area contributed by atoms with Gasteiger partial charge in [0.05, 0.1) is 5.69 Å². The molecule has 0 aromatic heterocycles. The Kier molecular flexibility index (Phi) is 6.54. The third-order valence-corrected chi connectivity index (χ3v) is 3.47. The molecule has 1 aromatic rings. The van der Waals surface area contributed by atoms with E-state index in [-0.39, 0.29) is 0 Å². The largest absolute Gasteiger partial charge is 0.421 e. The molecule has 6 heteroatoms. The molecule has 24 heavy (non-hydrogen) atoms. The van der Waals surface area contributed by atoms with Crippen LogP contribution in [0.3, 0.4) is 0 Å². The number of carbonyl (C=O) groups excluding carboxylic acids is 2. The molecular weight excluding hydrogens is 306 g/mol. The van der Waals surface area contributed by atoms with Gasteiger partial charge in [-0.3, -0.25) is 5.32 Å². The summed E-state index contributed by atoms with van der Waals surface area (Å²) in [5.74, 6) is 0.450. The van der Waals surface area contributed by atoms with Crippen LogP contribution in [0.4, 0.5) is 15.3 Å². The van der Waals surface area contributed by atoms with Gasteiger partial charge in [-0.1, -0.05) is 44.2 Å². The van der Waals surface area contributed by atoms with E-state index >= 15 is 0 Å². The molecule has 0 aliphatic carbocycles. The third kappa shape index (κ3) is 4.94. The number of nitrogens with one attached hydrogen (secondary N) is 1. The molecule has 1 N–H and O–H groups in total. The van der Waals surface area contributed by atoms with Gasteiger partial charge in [0.2, 0.25) is 0 Å². The third-order valence-electron chi connectivity index (χ3n) is 3.47. The lowest BCUT2D eigenvalue weighted by molar-refractivity contribution is 0.120. The molecule has 0 fully saturated rings. The van der Waals surface area contributed by atoms with Gasteiger partial charge in [0.15, 0.2) is 0 Å². The van der Waals surface area contributed by atoms with Crippen LogP contribution in [0.5, 0.6) is 0 Å². The number of nitrogens with zero attached hydrogens (tertiary/aromatic N) is 2. The van der Waals surface area contributed by atoms with E-state index in [4.69, 9.17) is 4.74 Å². The first-order valence-electron chi connectivity index (χ1n) is 8.25. The van der Waals surface area contributed by atoms with E-state index in [9.17, 15) is 9.59 Å². The molecule has 1 aliphatic heterocycles. The fraction of sp³-hybridized carbons (Fsp3) is 0.389. The summed E-state index contributed by atoms with van der Waals surface area (Å²) in [5.41, 5.74) is 1.75. The fourth-order valence-corrected chi connectivity index (χ4v) is 2.42. The SMILES string of the molecule is CCCN(CCC)C(=O)OC(=O)NC1=Nc2ccccc2C=CC1. The molecule has 1 heterocycles. The maximum Gasteiger partial charge on any atom is 0.421 e. The van der Waals surface area contributed by atoms with Gasteiger partial charge in [-0.15, -0.1) is 0 Å². The van der Waals surface area contributed by atoms with Crippen molar-refractivity contribution in [2.24, 2.45) is 4.99 Å². The summed E-state index contributed by atoms with van der Waals surface area (Å²) < 4.78 is 4.88. The first kappa shape index (κ1) is 17.7. The Morgan fingerprint density at radius 1 is 1.21 bits per heavy atom. The van der Waals surface area contributed by atoms with Crippen molar-refractivity contribution in [3.63, 3.8) is 0 Å². The first-order valence-corrected chi connectivity index (χ1v) is 8.25. The van der Waals surface area contributed by atoms with Crippen LogP contribution in [0.2, 0.25) is 0 Å². The zero-order valence-corrected chi connectivity index (χ0v) is 14.1. The molecule has 2 rings (SSSR count). The van der Waals surface area contributed by atoms with Gasteiger partial charge in [-0.2, -0.15) is 0 Å². The van der Waals surface area contributed by atoms with E-state index in [2.05, 4.69) is 10.3 Å². The number of aliphatic imine (C=N–C) groups is 1. The van der Waals surface area contributed by atoms with Crippen molar-refractivity contribution in [3.05, 3.63) is 35.9 Å². The van der Waals surface area contributed by atoms with Crippen molar-refractivity contribution in [2.75, 3.05) is 13.1 Å². The molecule has 0 saturated carbocycles. The average molecular weight is 329 g/mol. The van der Waals surface area contributed by atoms with Crippen LogP contribution in [0.1, 0.15) is 38.7 Å². The first-order chi connectivity index (χ1) is 11.6. The number of carbonyl (C=O) groups is 2. The van der Waals surface area contributed by atoms with Crippen molar-refractivity contribution >= 4 is 29.8 Å². The van der Waals surface area contributed by atoms with Gasteiger partial charge in [-0.25, -0.2) is 14.6 Å². The number of rotatable bonds is 4. The van der Waals surface area contributed by atoms with Crippen LogP contribution in [0.25, 0.3) is 6.08 Å². The predicted octanol–water partition coefficient (Wildman–Crippen LogP) is 4.10. The van der Waals surface area contributed by atoms with E-state index in [0.29, 0.717) is 25.3 Å². The summed E-state index contributed by atoms with van der Waals surface area (Å²) in [7, 11) is 0. The van der Waals surface area contributed by atoms with Crippen LogP contribution < -0.4 is 5.32 Å². The minimum absolute atomic E-state index is 0.450. The molecule has 0 saturated heterocycles. The maximum absolute atomic E-state index is 12.0. The Morgan fingerprint density at radius 2 is 1.92 bits per heavy atom. The zero-order chi connectivity index (χ0) is 17.4. The van der Waals surface area contributed by atoms with Gasteiger partial charge in [0, 0.05) is 19.5 Å². The number of alkyl carbamates (subject to hydrolysis) is 1. The quantitative estimate of drug-likeness (QED) is 0.845. The van der Waals surface area contributed by atoms with Crippen molar-refractivity contribution in [3.8, 4) is 0 Å². The molecule has 2 amide bonds. The van der Waals surface area contributed by atoms with Crippen molar-refractivity contribution in [1.82, 2.24) is 10.2 Å². The number of ether oxygens (including phenoxy) is 1. The van der Waals surface area contributed by atoms with E-state index in [1.807, 2.05) is 50.3 Å². The predicted molar refractivity (Wildman–Crippen MR) is 94.4 cm³/mol. The monoisotopic (exact) mass is 329 g/mol. The van der Waals surface area contributed by atoms with E-state index in [1.54, 1.807) is 0 Å². The normalized spacial score (nSPS) is 12.7. The molecule has 0 unspecified atom stereocenters. The molecule has 6 nitrogen and oxygen atoms in total. The summed E-state index contributed by atoms with van der Waals surface area (Å²) in [6.07, 6.45) is 4.52. The van der Waals surface area contributed by atoms with Gasteiger partial charge < -0.3 is 9.64 Å². The number of fused-ring (bicyclic) bond motifs is 1. The van der Waals surface area contributed by atoms with Gasteiger partial charge in [0.25, 0.3) is 0 Å². The Hall–Kier alpha value is -2.63. The Labute approximate surface area is 142 Å². The Balaban J connectivity index is 1.98. The standard InChI is InChI=1S/C18H23N3O3/c1-3-12-21(13-4-2)18(23)24-17(22)20-16-11-7-9-14-8-5-6-10-15(14)19-16/h5-10H,3-4,11-13H2,1-2H3,(H,19,20,22). The number of hydrogen-bond donors (Lipinski definition) is 1. The summed E-state index contributed by atoms with van der Waals surface area (Å²) in [4.78, 5) is 30.0. The lowest BCUT2D eigenvalue weighted by atomic mass is 10.2. The minimum atomic E-state index is -0.802. The molecule has 1 aliphatic rings. The number of hydrogen-bond acceptors (Lipinski definition) is 4. The van der Waals surface area contributed by atoms with Crippen LogP contribution in [0, 0.1) is 0 Å². The Bertz CT molecular complexity index is 647. The second-order valence-corrected chi connectivity index (χ2v) is 5.49. The number of amides is 2. The lowest BCUT2D eigenvalue weighted by Gasteiger charge is -2.20. The summed E-state index contributed by atoms with van der Waals surface area (Å²) in [5, 5.41) is 2.56. The summed E-state index contributed by atoms with van der Waals surface area (Å²) in [6.45, 7) is 5.08. The highest BCUT2D eigenvalue weighted by atomic mass is 16.6. The van der Waals surface area contributed by atoms with E-state index in [0.717, 1.165) is 24.1 Å². The fourth-order valence-electron chi connectivity index (χ4n) is 2.42. The number of para-hydroxylation sites is 1. The van der Waals surface area contributed by atoms with Crippen LogP contribution in [0.15, 0.2) is 35.3 Å². The molecule has 0 spiro atoms. The molecule has 0 atom stereocenters. The molecule has 1 aromatic carbocycles. The lowest BCUT2D eigenvalue weighted by Crippen LogP contribution is -2.39. The molecular formula is C18H23N3O3. The summed E-state index contributed by atoms with van der Waals surface area (Å²) in [6, 6.07) is 7.63. The van der Waals surface area contributed by atoms with Gasteiger partial charge in [-0.05, 0) is 24.5 Å². The smallest absolute Gasteiger partial charge is 0.359 e. The highest BCUT2D eigenvalue weighted by Crippen LogP contribution is 2.23. The number of benzene rings is 1. The van der Waals surface area contributed by atoms with Crippen LogP contribution in [-0.4, -0.2) is 36.0 Å². The molecule has 0 radical (unpaired) electrons. The van der Waals surface area contributed by atoms with Gasteiger partial charge in [0.1, 0.15) is 5.84 Å². The highest BCUT2D eigenvalue weighted by Gasteiger charge is 2.18.